The van der Waals surface area contributed by atoms with E-state index in [1.807, 2.05) is 18.2 Å². The van der Waals surface area contributed by atoms with Gasteiger partial charge in [0.1, 0.15) is 5.82 Å². The number of halogens is 1. The molecule has 0 saturated carbocycles. The number of carbonyl (C=O) groups excluding carboxylic acids is 1. The number of nitrogens with one attached hydrogen (secondary N) is 2. The Bertz CT molecular complexity index is 705. The maximum Gasteiger partial charge on any atom is 0.221 e. The highest BCUT2D eigenvalue weighted by atomic mass is 19.1. The van der Waals surface area contributed by atoms with Gasteiger partial charge in [-0.3, -0.25) is 4.79 Å². The van der Waals surface area contributed by atoms with Crippen LogP contribution >= 0.6 is 0 Å². The molecular weight excluding hydrogens is 335 g/mol. The van der Waals surface area contributed by atoms with Gasteiger partial charge >= 0.3 is 0 Å². The van der Waals surface area contributed by atoms with Crippen molar-refractivity contribution in [2.75, 3.05) is 27.3 Å². The van der Waals surface area contributed by atoms with E-state index in [1.165, 1.54) is 12.1 Å². The zero-order valence-electron chi connectivity index (χ0n) is 15.2. The Balaban J connectivity index is 1.63. The Labute approximate surface area is 153 Å². The lowest BCUT2D eigenvalue weighted by Crippen LogP contribution is -2.29. The predicted octanol–water partition coefficient (Wildman–Crippen LogP) is 2.68. The van der Waals surface area contributed by atoms with Gasteiger partial charge in [0.25, 0.3) is 0 Å². The molecule has 6 heteroatoms. The lowest BCUT2D eigenvalue weighted by atomic mass is 10.1. The van der Waals surface area contributed by atoms with Crippen molar-refractivity contribution in [2.24, 2.45) is 0 Å². The van der Waals surface area contributed by atoms with Crippen LogP contribution in [0.5, 0.6) is 11.5 Å². The van der Waals surface area contributed by atoms with Gasteiger partial charge in [0, 0.05) is 26.1 Å². The van der Waals surface area contributed by atoms with Gasteiger partial charge in [-0.05, 0) is 41.8 Å². The summed E-state index contributed by atoms with van der Waals surface area (Å²) in [4.78, 5) is 11.9. The van der Waals surface area contributed by atoms with Gasteiger partial charge in [-0.25, -0.2) is 4.39 Å². The molecule has 5 nitrogen and oxygen atoms in total. The first-order valence-electron chi connectivity index (χ1n) is 8.55. The van der Waals surface area contributed by atoms with Crippen LogP contribution in [0.2, 0.25) is 0 Å². The number of ether oxygens (including phenoxy) is 2. The normalized spacial score (nSPS) is 10.4. The second-order valence-corrected chi connectivity index (χ2v) is 5.84. The number of hydrogen-bond donors (Lipinski definition) is 2. The van der Waals surface area contributed by atoms with Crippen LogP contribution in [0.15, 0.2) is 42.5 Å². The second kappa shape index (κ2) is 10.4. The van der Waals surface area contributed by atoms with Crippen LogP contribution in [-0.2, 0) is 17.8 Å². The van der Waals surface area contributed by atoms with Gasteiger partial charge < -0.3 is 20.1 Å². The van der Waals surface area contributed by atoms with Crippen molar-refractivity contribution in [1.82, 2.24) is 10.6 Å². The Kier molecular flexibility index (Phi) is 7.89. The van der Waals surface area contributed by atoms with Crippen molar-refractivity contribution in [1.29, 1.82) is 0 Å². The molecule has 2 rings (SSSR count). The van der Waals surface area contributed by atoms with Crippen molar-refractivity contribution >= 4 is 5.91 Å². The average Bonchev–Trinajstić information content (AvgIpc) is 2.66. The summed E-state index contributed by atoms with van der Waals surface area (Å²) < 4.78 is 23.3. The largest absolute Gasteiger partial charge is 0.493 e. The van der Waals surface area contributed by atoms with E-state index in [1.54, 1.807) is 26.4 Å². The highest BCUT2D eigenvalue weighted by Gasteiger charge is 2.05. The van der Waals surface area contributed by atoms with E-state index < -0.39 is 0 Å². The Hall–Kier alpha value is -2.60. The van der Waals surface area contributed by atoms with E-state index in [9.17, 15) is 9.18 Å². The molecule has 0 atom stereocenters. The third kappa shape index (κ3) is 6.37. The van der Waals surface area contributed by atoms with Crippen LogP contribution in [0.25, 0.3) is 0 Å². The van der Waals surface area contributed by atoms with E-state index in [0.29, 0.717) is 37.6 Å². The van der Waals surface area contributed by atoms with E-state index in [-0.39, 0.29) is 11.7 Å². The molecule has 0 saturated heterocycles. The molecule has 0 spiro atoms. The highest BCUT2D eigenvalue weighted by Crippen LogP contribution is 2.27. The van der Waals surface area contributed by atoms with Crippen molar-refractivity contribution in [3.05, 3.63) is 59.4 Å². The molecule has 2 aromatic carbocycles. The molecule has 140 valence electrons. The molecule has 0 aliphatic rings. The molecule has 0 aliphatic carbocycles. The molecule has 1 amide bonds. The molecule has 0 radical (unpaired) electrons. The van der Waals surface area contributed by atoms with Crippen LogP contribution in [0.1, 0.15) is 17.5 Å². The van der Waals surface area contributed by atoms with Crippen LogP contribution < -0.4 is 20.1 Å². The Morgan fingerprint density at radius 3 is 2.35 bits per heavy atom. The van der Waals surface area contributed by atoms with Crippen LogP contribution in [0, 0.1) is 5.82 Å². The zero-order valence-corrected chi connectivity index (χ0v) is 15.2. The quantitative estimate of drug-likeness (QED) is 0.640. The van der Waals surface area contributed by atoms with Gasteiger partial charge in [-0.15, -0.1) is 0 Å². The Morgan fingerprint density at radius 2 is 1.65 bits per heavy atom. The standard InChI is InChI=1S/C20H25FN2O3/c1-25-18-8-5-15(13-19(18)26-2)9-12-23-20(24)10-11-22-14-16-3-6-17(21)7-4-16/h3-8,13,22H,9-12,14H2,1-2H3,(H,23,24). The fraction of sp³-hybridized carbons (Fsp3) is 0.350. The number of rotatable bonds is 10. The van der Waals surface area contributed by atoms with E-state index in [2.05, 4.69) is 10.6 Å². The maximum atomic E-state index is 12.8. The van der Waals surface area contributed by atoms with Gasteiger partial charge in [0.05, 0.1) is 14.2 Å². The summed E-state index contributed by atoms with van der Waals surface area (Å²) >= 11 is 0. The molecule has 2 N–H and O–H groups in total. The molecule has 0 bridgehead atoms. The van der Waals surface area contributed by atoms with E-state index >= 15 is 0 Å². The van der Waals surface area contributed by atoms with Crippen LogP contribution in [-0.4, -0.2) is 33.2 Å². The molecule has 0 fully saturated rings. The average molecular weight is 360 g/mol. The number of hydrogen-bond acceptors (Lipinski definition) is 4. The van der Waals surface area contributed by atoms with Crippen LogP contribution in [0.4, 0.5) is 4.39 Å². The third-order valence-electron chi connectivity index (χ3n) is 3.96. The van der Waals surface area contributed by atoms with E-state index in [4.69, 9.17) is 9.47 Å². The van der Waals surface area contributed by atoms with Gasteiger partial charge in [0.15, 0.2) is 11.5 Å². The van der Waals surface area contributed by atoms with Gasteiger partial charge in [0.2, 0.25) is 5.91 Å². The minimum absolute atomic E-state index is 0.00270. The van der Waals surface area contributed by atoms with E-state index in [0.717, 1.165) is 17.5 Å². The summed E-state index contributed by atoms with van der Waals surface area (Å²) in [5.74, 6) is 1.12. The lowest BCUT2D eigenvalue weighted by Gasteiger charge is -2.10. The second-order valence-electron chi connectivity index (χ2n) is 5.84. The first-order chi connectivity index (χ1) is 12.6. The third-order valence-corrected chi connectivity index (χ3v) is 3.96. The van der Waals surface area contributed by atoms with Crippen LogP contribution in [0.3, 0.4) is 0 Å². The zero-order chi connectivity index (χ0) is 18.8. The van der Waals surface area contributed by atoms with Crippen molar-refractivity contribution in [2.45, 2.75) is 19.4 Å². The monoisotopic (exact) mass is 360 g/mol. The first-order valence-corrected chi connectivity index (χ1v) is 8.55. The SMILES string of the molecule is COc1ccc(CCNC(=O)CCNCc2ccc(F)cc2)cc1OC. The number of methoxy groups -OCH3 is 2. The summed E-state index contributed by atoms with van der Waals surface area (Å²) in [6.45, 7) is 1.74. The molecular formula is C20H25FN2O3. The number of benzene rings is 2. The highest BCUT2D eigenvalue weighted by molar-refractivity contribution is 5.76. The smallest absolute Gasteiger partial charge is 0.221 e. The molecule has 0 aromatic heterocycles. The summed E-state index contributed by atoms with van der Waals surface area (Å²) in [5.41, 5.74) is 2.05. The minimum Gasteiger partial charge on any atom is -0.493 e. The summed E-state index contributed by atoms with van der Waals surface area (Å²) in [6, 6.07) is 12.0. The molecule has 0 unspecified atom stereocenters. The summed E-state index contributed by atoms with van der Waals surface area (Å²) in [5, 5.41) is 6.08. The van der Waals surface area contributed by atoms with Gasteiger partial charge in [-0.1, -0.05) is 18.2 Å². The predicted molar refractivity (Wildman–Crippen MR) is 99.0 cm³/mol. The lowest BCUT2D eigenvalue weighted by molar-refractivity contribution is -0.120. The van der Waals surface area contributed by atoms with Crippen molar-refractivity contribution in [3.8, 4) is 11.5 Å². The topological polar surface area (TPSA) is 59.6 Å². The fourth-order valence-electron chi connectivity index (χ4n) is 2.51. The van der Waals surface area contributed by atoms with Crippen molar-refractivity contribution in [3.63, 3.8) is 0 Å². The molecule has 0 heterocycles. The number of carbonyl (C=O) groups is 1. The first kappa shape index (κ1) is 19.7. The maximum absolute atomic E-state index is 12.8. The molecule has 26 heavy (non-hydrogen) atoms. The summed E-state index contributed by atoms with van der Waals surface area (Å²) in [6.07, 6.45) is 1.11. The Morgan fingerprint density at radius 1 is 0.962 bits per heavy atom. The fourth-order valence-corrected chi connectivity index (χ4v) is 2.51. The minimum atomic E-state index is -0.248. The van der Waals surface area contributed by atoms with Crippen molar-refractivity contribution < 1.29 is 18.7 Å². The number of amides is 1. The molecule has 0 aliphatic heterocycles. The molecule has 2 aromatic rings. The van der Waals surface area contributed by atoms with Gasteiger partial charge in [-0.2, -0.15) is 0 Å². The summed E-state index contributed by atoms with van der Waals surface area (Å²) in [7, 11) is 3.20.